The molecule has 0 amide bonds. The highest BCUT2D eigenvalue weighted by Gasteiger charge is 2.15. The van der Waals surface area contributed by atoms with Crippen molar-refractivity contribution in [2.24, 2.45) is 0 Å². The number of benzene rings is 2. The second kappa shape index (κ2) is 8.67. The van der Waals surface area contributed by atoms with Gasteiger partial charge in [-0.25, -0.2) is 4.79 Å². The topological polar surface area (TPSA) is 113 Å². The van der Waals surface area contributed by atoms with Gasteiger partial charge in [0.25, 0.3) is 5.69 Å². The molecule has 2 aromatic rings. The molecule has 0 aromatic heterocycles. The van der Waals surface area contributed by atoms with Crippen LogP contribution in [0, 0.1) is 20.2 Å². The summed E-state index contributed by atoms with van der Waals surface area (Å²) in [7, 11) is 0. The number of carbonyl (C=O) groups is 1. The van der Waals surface area contributed by atoms with Gasteiger partial charge in [-0.3, -0.25) is 20.2 Å². The predicted octanol–water partition coefficient (Wildman–Crippen LogP) is 3.28. The number of nitrogens with zero attached hydrogens (tertiary/aromatic N) is 2. The van der Waals surface area contributed by atoms with Gasteiger partial charge >= 0.3 is 11.7 Å². The maximum absolute atomic E-state index is 10.8. The first-order chi connectivity index (χ1) is 11.0. The van der Waals surface area contributed by atoms with Crippen LogP contribution in [0.3, 0.4) is 0 Å². The summed E-state index contributed by atoms with van der Waals surface area (Å²) in [5, 5.41) is 20.5. The zero-order valence-electron chi connectivity index (χ0n) is 11.8. The first-order valence-corrected chi connectivity index (χ1v) is 6.22. The van der Waals surface area contributed by atoms with E-state index in [2.05, 4.69) is 11.3 Å². The van der Waals surface area contributed by atoms with Crippen LogP contribution in [0.15, 0.2) is 67.3 Å². The zero-order chi connectivity index (χ0) is 17.2. The fourth-order valence-corrected chi connectivity index (χ4v) is 1.39. The van der Waals surface area contributed by atoms with Crippen LogP contribution in [-0.4, -0.2) is 15.8 Å². The molecule has 118 valence electrons. The summed E-state index contributed by atoms with van der Waals surface area (Å²) in [6.07, 6.45) is 0.941. The van der Waals surface area contributed by atoms with Crippen LogP contribution in [0.5, 0.6) is 5.75 Å². The molecule has 0 saturated heterocycles. The van der Waals surface area contributed by atoms with Crippen molar-refractivity contribution in [1.82, 2.24) is 0 Å². The quantitative estimate of drug-likeness (QED) is 0.281. The van der Waals surface area contributed by atoms with Gasteiger partial charge in [-0.1, -0.05) is 36.9 Å². The molecule has 0 fully saturated rings. The van der Waals surface area contributed by atoms with Crippen molar-refractivity contribution in [3.8, 4) is 5.75 Å². The molecule has 0 aliphatic heterocycles. The Morgan fingerprint density at radius 1 is 0.957 bits per heavy atom. The molecule has 8 nitrogen and oxygen atoms in total. The van der Waals surface area contributed by atoms with E-state index in [1.165, 1.54) is 30.3 Å². The second-order valence-electron chi connectivity index (χ2n) is 3.94. The van der Waals surface area contributed by atoms with E-state index < -0.39 is 15.8 Å². The Morgan fingerprint density at radius 3 is 2.00 bits per heavy atom. The van der Waals surface area contributed by atoms with Crippen LogP contribution >= 0.6 is 0 Å². The Hall–Kier alpha value is -3.55. The van der Waals surface area contributed by atoms with E-state index in [0.717, 1.165) is 6.08 Å². The minimum absolute atomic E-state index is 0.0811. The number of ether oxygens (including phenoxy) is 1. The molecule has 0 spiro atoms. The third-order valence-corrected chi connectivity index (χ3v) is 2.41. The van der Waals surface area contributed by atoms with Crippen molar-refractivity contribution in [2.45, 2.75) is 0 Å². The maximum atomic E-state index is 10.8. The molecule has 2 aromatic carbocycles. The Bertz CT molecular complexity index is 715. The number of hydrogen-bond donors (Lipinski definition) is 0. The van der Waals surface area contributed by atoms with Gasteiger partial charge in [-0.15, -0.1) is 0 Å². The van der Waals surface area contributed by atoms with Crippen molar-refractivity contribution in [3.63, 3.8) is 0 Å². The monoisotopic (exact) mass is 316 g/mol. The van der Waals surface area contributed by atoms with E-state index in [4.69, 9.17) is 0 Å². The molecule has 0 atom stereocenters. The lowest BCUT2D eigenvalue weighted by molar-refractivity contribution is -0.385. The molecular formula is C15H12N2O6. The molecule has 2 rings (SSSR count). The molecule has 0 aliphatic carbocycles. The Kier molecular flexibility index (Phi) is 6.60. The summed E-state index contributed by atoms with van der Waals surface area (Å²) in [6.45, 7) is 3.19. The van der Waals surface area contributed by atoms with Gasteiger partial charge in [0.15, 0.2) is 0 Å². The summed E-state index contributed by atoms with van der Waals surface area (Å²) in [5.41, 5.74) is -0.111. The lowest BCUT2D eigenvalue weighted by atomic mass is 10.3. The number of esters is 1. The standard InChI is InChI=1S/C9H7NO4.C6H5NO2/c1-2-9(11)14-8-6-4-3-5-7(8)10(12)13;8-7(9)6-4-2-1-3-5-6/h2-6H,1H2;1-5H. The molecule has 0 saturated carbocycles. The van der Waals surface area contributed by atoms with E-state index in [1.807, 2.05) is 0 Å². The third-order valence-electron chi connectivity index (χ3n) is 2.41. The van der Waals surface area contributed by atoms with E-state index in [-0.39, 0.29) is 17.1 Å². The van der Waals surface area contributed by atoms with E-state index in [1.54, 1.807) is 24.3 Å². The van der Waals surface area contributed by atoms with Crippen LogP contribution in [0.25, 0.3) is 0 Å². The number of rotatable bonds is 4. The molecule has 23 heavy (non-hydrogen) atoms. The summed E-state index contributed by atoms with van der Waals surface area (Å²) in [5.74, 6) is -0.804. The van der Waals surface area contributed by atoms with Crippen molar-refractivity contribution < 1.29 is 19.4 Å². The molecule has 0 aliphatic rings. The number of nitro benzene ring substituents is 2. The van der Waals surface area contributed by atoms with Crippen LogP contribution in [-0.2, 0) is 4.79 Å². The number of hydrogen-bond acceptors (Lipinski definition) is 6. The average molecular weight is 316 g/mol. The van der Waals surface area contributed by atoms with Gasteiger partial charge in [0.2, 0.25) is 5.75 Å². The second-order valence-corrected chi connectivity index (χ2v) is 3.94. The van der Waals surface area contributed by atoms with Crippen LogP contribution in [0.4, 0.5) is 11.4 Å². The minimum Gasteiger partial charge on any atom is -0.416 e. The van der Waals surface area contributed by atoms with Gasteiger partial charge in [-0.05, 0) is 6.07 Å². The lowest BCUT2D eigenvalue weighted by Crippen LogP contribution is -2.05. The van der Waals surface area contributed by atoms with Crippen molar-refractivity contribution >= 4 is 17.3 Å². The summed E-state index contributed by atoms with van der Waals surface area (Å²) >= 11 is 0. The molecule has 8 heteroatoms. The summed E-state index contributed by atoms with van der Waals surface area (Å²) < 4.78 is 4.66. The largest absolute Gasteiger partial charge is 0.416 e. The highest BCUT2D eigenvalue weighted by Crippen LogP contribution is 2.25. The SMILES string of the molecule is C=CC(=O)Oc1ccccc1[N+](=O)[O-].O=[N+]([O-])c1ccccc1. The number of para-hydroxylation sites is 3. The van der Waals surface area contributed by atoms with E-state index >= 15 is 0 Å². The normalized spacial score (nSPS) is 9.04. The van der Waals surface area contributed by atoms with Crippen LogP contribution < -0.4 is 4.74 Å². The van der Waals surface area contributed by atoms with Crippen molar-refractivity contribution in [3.05, 3.63) is 87.5 Å². The number of nitro groups is 2. The first kappa shape index (κ1) is 17.5. The maximum Gasteiger partial charge on any atom is 0.335 e. The third kappa shape index (κ3) is 5.76. The van der Waals surface area contributed by atoms with Crippen molar-refractivity contribution in [2.75, 3.05) is 0 Å². The highest BCUT2D eigenvalue weighted by molar-refractivity contribution is 5.84. The molecule has 0 radical (unpaired) electrons. The molecular weight excluding hydrogens is 304 g/mol. The Balaban J connectivity index is 0.000000253. The van der Waals surface area contributed by atoms with E-state index in [0.29, 0.717) is 0 Å². The first-order valence-electron chi connectivity index (χ1n) is 6.22. The molecule has 0 N–H and O–H groups in total. The van der Waals surface area contributed by atoms with Gasteiger partial charge < -0.3 is 4.74 Å². The number of non-ortho nitro benzene ring substituents is 1. The summed E-state index contributed by atoms with van der Waals surface area (Å²) in [6, 6.07) is 13.6. The van der Waals surface area contributed by atoms with Crippen LogP contribution in [0.2, 0.25) is 0 Å². The average Bonchev–Trinajstić information content (AvgIpc) is 2.56. The molecule has 0 unspecified atom stereocenters. The zero-order valence-corrected chi connectivity index (χ0v) is 11.8. The minimum atomic E-state index is -0.723. The van der Waals surface area contributed by atoms with E-state index in [9.17, 15) is 25.0 Å². The van der Waals surface area contributed by atoms with Crippen LogP contribution in [0.1, 0.15) is 0 Å². The summed E-state index contributed by atoms with van der Waals surface area (Å²) in [4.78, 5) is 30.2. The molecule has 0 bridgehead atoms. The Labute approximate surface area is 130 Å². The number of carbonyl (C=O) groups excluding carboxylic acids is 1. The fourth-order valence-electron chi connectivity index (χ4n) is 1.39. The van der Waals surface area contributed by atoms with Crippen molar-refractivity contribution in [1.29, 1.82) is 0 Å². The van der Waals surface area contributed by atoms with Gasteiger partial charge in [0.05, 0.1) is 9.85 Å². The highest BCUT2D eigenvalue weighted by atomic mass is 16.6. The predicted molar refractivity (Wildman–Crippen MR) is 82.0 cm³/mol. The Morgan fingerprint density at radius 2 is 1.52 bits per heavy atom. The van der Waals surface area contributed by atoms with Gasteiger partial charge in [0.1, 0.15) is 0 Å². The smallest absolute Gasteiger partial charge is 0.335 e. The lowest BCUT2D eigenvalue weighted by Gasteiger charge is -2.00. The van der Waals surface area contributed by atoms with Gasteiger partial charge in [0, 0.05) is 24.3 Å². The van der Waals surface area contributed by atoms with Gasteiger partial charge in [-0.2, -0.15) is 0 Å². The molecule has 0 heterocycles. The fraction of sp³-hybridized carbons (Fsp3) is 0.